The van der Waals surface area contributed by atoms with Crippen LogP contribution in [0, 0.1) is 0 Å². The van der Waals surface area contributed by atoms with Gasteiger partial charge in [-0.3, -0.25) is 4.98 Å². The van der Waals surface area contributed by atoms with E-state index in [1.807, 2.05) is 18.5 Å². The predicted octanol–water partition coefficient (Wildman–Crippen LogP) is 3.18. The standard InChI is InChI=1S/C14H14N2/c1-2-6-13-11(4-1)7-8-14(16-13)12-5-3-9-15-10-12/h1-6,9-10,14,16H,7-8H2. The molecule has 0 saturated carbocycles. The van der Waals surface area contributed by atoms with Crippen molar-refractivity contribution in [2.45, 2.75) is 18.9 Å². The quantitative estimate of drug-likeness (QED) is 0.782. The third kappa shape index (κ3) is 1.67. The molecule has 0 amide bonds. The van der Waals surface area contributed by atoms with Gasteiger partial charge in [-0.05, 0) is 36.1 Å². The lowest BCUT2D eigenvalue weighted by Gasteiger charge is -2.27. The second kappa shape index (κ2) is 3.97. The lowest BCUT2D eigenvalue weighted by molar-refractivity contribution is 0.665. The number of para-hydroxylation sites is 1. The summed E-state index contributed by atoms with van der Waals surface area (Å²) in [5, 5.41) is 3.57. The van der Waals surface area contributed by atoms with Crippen LogP contribution in [0.1, 0.15) is 23.6 Å². The Labute approximate surface area is 95.3 Å². The van der Waals surface area contributed by atoms with E-state index in [2.05, 4.69) is 40.6 Å². The molecule has 2 heteroatoms. The van der Waals surface area contributed by atoms with Gasteiger partial charge in [-0.25, -0.2) is 0 Å². The van der Waals surface area contributed by atoms with Gasteiger partial charge in [0.2, 0.25) is 0 Å². The highest BCUT2D eigenvalue weighted by Gasteiger charge is 2.18. The van der Waals surface area contributed by atoms with Crippen molar-refractivity contribution in [3.05, 3.63) is 59.9 Å². The van der Waals surface area contributed by atoms with Crippen LogP contribution in [0.15, 0.2) is 48.8 Å². The Hall–Kier alpha value is -1.83. The van der Waals surface area contributed by atoms with E-state index in [1.165, 1.54) is 16.8 Å². The molecule has 1 aliphatic heterocycles. The summed E-state index contributed by atoms with van der Waals surface area (Å²) in [5.41, 5.74) is 3.96. The normalized spacial score (nSPS) is 18.6. The third-order valence-corrected chi connectivity index (χ3v) is 3.14. The summed E-state index contributed by atoms with van der Waals surface area (Å²) in [4.78, 5) is 4.18. The highest BCUT2D eigenvalue weighted by atomic mass is 14.9. The van der Waals surface area contributed by atoms with Crippen LogP contribution < -0.4 is 5.32 Å². The first-order valence-electron chi connectivity index (χ1n) is 5.68. The first-order chi connectivity index (χ1) is 7.93. The molecule has 0 aliphatic carbocycles. The molecule has 0 bridgehead atoms. The zero-order valence-electron chi connectivity index (χ0n) is 9.06. The first kappa shape index (κ1) is 9.40. The highest BCUT2D eigenvalue weighted by molar-refractivity contribution is 5.54. The molecule has 2 aromatic rings. The van der Waals surface area contributed by atoms with Gasteiger partial charge in [-0.2, -0.15) is 0 Å². The molecule has 1 atom stereocenters. The number of hydrogen-bond acceptors (Lipinski definition) is 2. The van der Waals surface area contributed by atoms with E-state index >= 15 is 0 Å². The van der Waals surface area contributed by atoms with Gasteiger partial charge in [0.25, 0.3) is 0 Å². The molecule has 0 saturated heterocycles. The number of nitrogens with zero attached hydrogens (tertiary/aromatic N) is 1. The number of aryl methyl sites for hydroxylation is 1. The predicted molar refractivity (Wildman–Crippen MR) is 65.4 cm³/mol. The number of aromatic nitrogens is 1. The number of nitrogens with one attached hydrogen (secondary N) is 1. The Bertz CT molecular complexity index is 479. The molecule has 1 aromatic carbocycles. The number of rotatable bonds is 1. The van der Waals surface area contributed by atoms with E-state index in [0.717, 1.165) is 12.8 Å². The van der Waals surface area contributed by atoms with Crippen LogP contribution in [0.25, 0.3) is 0 Å². The molecule has 3 rings (SSSR count). The number of pyridine rings is 1. The maximum Gasteiger partial charge on any atom is 0.0532 e. The molecule has 1 unspecified atom stereocenters. The van der Waals surface area contributed by atoms with Crippen LogP contribution >= 0.6 is 0 Å². The minimum absolute atomic E-state index is 0.406. The van der Waals surface area contributed by atoms with Crippen molar-refractivity contribution >= 4 is 5.69 Å². The SMILES string of the molecule is c1cncc(C2CCc3ccccc3N2)c1. The monoisotopic (exact) mass is 210 g/mol. The second-order valence-electron chi connectivity index (χ2n) is 4.18. The number of benzene rings is 1. The van der Waals surface area contributed by atoms with Crippen molar-refractivity contribution in [2.75, 3.05) is 5.32 Å². The number of hydrogen-bond donors (Lipinski definition) is 1. The fourth-order valence-electron chi connectivity index (χ4n) is 2.27. The van der Waals surface area contributed by atoms with Crippen LogP contribution in [-0.4, -0.2) is 4.98 Å². The van der Waals surface area contributed by atoms with Gasteiger partial charge in [-0.15, -0.1) is 0 Å². The fourth-order valence-corrected chi connectivity index (χ4v) is 2.27. The molecular formula is C14H14N2. The molecule has 16 heavy (non-hydrogen) atoms. The summed E-state index contributed by atoms with van der Waals surface area (Å²) in [6.07, 6.45) is 6.05. The Kier molecular flexibility index (Phi) is 2.33. The van der Waals surface area contributed by atoms with E-state index in [0.29, 0.717) is 6.04 Å². The van der Waals surface area contributed by atoms with Crippen LogP contribution in [0.4, 0.5) is 5.69 Å². The Balaban J connectivity index is 1.89. The van der Waals surface area contributed by atoms with Crippen LogP contribution in [0.5, 0.6) is 0 Å². The molecular weight excluding hydrogens is 196 g/mol. The minimum atomic E-state index is 0.406. The summed E-state index contributed by atoms with van der Waals surface area (Å²) in [6.45, 7) is 0. The summed E-state index contributed by atoms with van der Waals surface area (Å²) in [5.74, 6) is 0. The van der Waals surface area contributed by atoms with E-state index in [9.17, 15) is 0 Å². The molecule has 1 aliphatic rings. The average Bonchev–Trinajstić information content (AvgIpc) is 2.39. The third-order valence-electron chi connectivity index (χ3n) is 3.14. The number of anilines is 1. The summed E-state index contributed by atoms with van der Waals surface area (Å²) < 4.78 is 0. The fraction of sp³-hybridized carbons (Fsp3) is 0.214. The van der Waals surface area contributed by atoms with Gasteiger partial charge in [0, 0.05) is 18.1 Å². The van der Waals surface area contributed by atoms with E-state index in [1.54, 1.807) is 0 Å². The Morgan fingerprint density at radius 1 is 1.12 bits per heavy atom. The Morgan fingerprint density at radius 2 is 2.06 bits per heavy atom. The van der Waals surface area contributed by atoms with E-state index < -0.39 is 0 Å². The molecule has 80 valence electrons. The lowest BCUT2D eigenvalue weighted by atomic mass is 9.94. The van der Waals surface area contributed by atoms with Gasteiger partial charge < -0.3 is 5.32 Å². The van der Waals surface area contributed by atoms with Crippen LogP contribution in [0.3, 0.4) is 0 Å². The maximum absolute atomic E-state index is 4.18. The molecule has 2 heterocycles. The average molecular weight is 210 g/mol. The van der Waals surface area contributed by atoms with Crippen molar-refractivity contribution < 1.29 is 0 Å². The highest BCUT2D eigenvalue weighted by Crippen LogP contribution is 2.31. The van der Waals surface area contributed by atoms with Crippen molar-refractivity contribution in [3.8, 4) is 0 Å². The molecule has 1 aromatic heterocycles. The maximum atomic E-state index is 4.18. The minimum Gasteiger partial charge on any atom is -0.378 e. The topological polar surface area (TPSA) is 24.9 Å². The van der Waals surface area contributed by atoms with Crippen molar-refractivity contribution in [3.63, 3.8) is 0 Å². The van der Waals surface area contributed by atoms with Gasteiger partial charge in [-0.1, -0.05) is 24.3 Å². The molecule has 1 N–H and O–H groups in total. The smallest absolute Gasteiger partial charge is 0.0532 e. The van der Waals surface area contributed by atoms with E-state index in [4.69, 9.17) is 0 Å². The summed E-state index contributed by atoms with van der Waals surface area (Å²) in [6, 6.07) is 13.1. The zero-order chi connectivity index (χ0) is 10.8. The van der Waals surface area contributed by atoms with Crippen molar-refractivity contribution in [1.82, 2.24) is 4.98 Å². The zero-order valence-corrected chi connectivity index (χ0v) is 9.06. The lowest BCUT2D eigenvalue weighted by Crippen LogP contribution is -2.17. The number of fused-ring (bicyclic) bond motifs is 1. The molecule has 0 fully saturated rings. The van der Waals surface area contributed by atoms with E-state index in [-0.39, 0.29) is 0 Å². The van der Waals surface area contributed by atoms with Crippen LogP contribution in [0.2, 0.25) is 0 Å². The molecule has 0 radical (unpaired) electrons. The van der Waals surface area contributed by atoms with Gasteiger partial charge in [0.1, 0.15) is 0 Å². The molecule has 0 spiro atoms. The van der Waals surface area contributed by atoms with Gasteiger partial charge >= 0.3 is 0 Å². The Morgan fingerprint density at radius 3 is 2.94 bits per heavy atom. The van der Waals surface area contributed by atoms with Gasteiger partial charge in [0.05, 0.1) is 6.04 Å². The summed E-state index contributed by atoms with van der Waals surface area (Å²) >= 11 is 0. The first-order valence-corrected chi connectivity index (χ1v) is 5.68. The van der Waals surface area contributed by atoms with Crippen LogP contribution in [-0.2, 0) is 6.42 Å². The summed E-state index contributed by atoms with van der Waals surface area (Å²) in [7, 11) is 0. The van der Waals surface area contributed by atoms with Crippen molar-refractivity contribution in [1.29, 1.82) is 0 Å². The van der Waals surface area contributed by atoms with Crippen molar-refractivity contribution in [2.24, 2.45) is 0 Å². The van der Waals surface area contributed by atoms with Gasteiger partial charge in [0.15, 0.2) is 0 Å². The molecule has 2 nitrogen and oxygen atoms in total. The largest absolute Gasteiger partial charge is 0.378 e. The second-order valence-corrected chi connectivity index (χ2v) is 4.18.